The Hall–Kier alpha value is -2.11. The minimum Gasteiger partial charge on any atom is -0.468 e. The van der Waals surface area contributed by atoms with Gasteiger partial charge in [0.05, 0.1) is 13.3 Å². The van der Waals surface area contributed by atoms with Gasteiger partial charge in [-0.05, 0) is 12.5 Å². The summed E-state index contributed by atoms with van der Waals surface area (Å²) in [4.78, 5) is 17.7. The fourth-order valence-corrected chi connectivity index (χ4v) is 1.84. The first-order valence-corrected chi connectivity index (χ1v) is 5.86. The summed E-state index contributed by atoms with van der Waals surface area (Å²) in [7, 11) is 1.39. The molecule has 0 radical (unpaired) electrons. The smallest absolute Gasteiger partial charge is 0.325 e. The SMILES string of the molecule is CCCN(CC(=O)OC)c1nccn2nccc12. The molecule has 0 aliphatic carbocycles. The summed E-state index contributed by atoms with van der Waals surface area (Å²) in [5.74, 6) is 0.481. The highest BCUT2D eigenvalue weighted by atomic mass is 16.5. The summed E-state index contributed by atoms with van der Waals surface area (Å²) >= 11 is 0. The van der Waals surface area contributed by atoms with Crippen LogP contribution >= 0.6 is 0 Å². The zero-order valence-corrected chi connectivity index (χ0v) is 10.5. The molecule has 0 fully saturated rings. The first-order chi connectivity index (χ1) is 8.76. The largest absolute Gasteiger partial charge is 0.468 e. The van der Waals surface area contributed by atoms with Gasteiger partial charge < -0.3 is 9.64 Å². The highest BCUT2D eigenvalue weighted by Gasteiger charge is 2.15. The molecule has 0 aliphatic rings. The Morgan fingerprint density at radius 2 is 2.33 bits per heavy atom. The zero-order chi connectivity index (χ0) is 13.0. The molecule has 0 saturated carbocycles. The van der Waals surface area contributed by atoms with E-state index in [0.717, 1.165) is 24.3 Å². The Labute approximate surface area is 105 Å². The topological polar surface area (TPSA) is 59.7 Å². The van der Waals surface area contributed by atoms with Crippen LogP contribution in [0.4, 0.5) is 5.82 Å². The van der Waals surface area contributed by atoms with Crippen LogP contribution in [0.3, 0.4) is 0 Å². The molecule has 0 aliphatic heterocycles. The van der Waals surface area contributed by atoms with E-state index in [1.807, 2.05) is 11.0 Å². The van der Waals surface area contributed by atoms with Crippen LogP contribution in [0.25, 0.3) is 5.52 Å². The second-order valence-corrected chi connectivity index (χ2v) is 3.91. The van der Waals surface area contributed by atoms with Crippen molar-refractivity contribution in [2.45, 2.75) is 13.3 Å². The molecule has 0 saturated heterocycles. The minimum absolute atomic E-state index is 0.197. The summed E-state index contributed by atoms with van der Waals surface area (Å²) in [6, 6.07) is 1.88. The second kappa shape index (κ2) is 5.48. The number of carbonyl (C=O) groups is 1. The lowest BCUT2D eigenvalue weighted by Gasteiger charge is -2.22. The quantitative estimate of drug-likeness (QED) is 0.742. The third-order valence-electron chi connectivity index (χ3n) is 2.64. The molecule has 0 amide bonds. The van der Waals surface area contributed by atoms with E-state index < -0.39 is 0 Å². The van der Waals surface area contributed by atoms with Gasteiger partial charge in [0.15, 0.2) is 5.82 Å². The van der Waals surface area contributed by atoms with Crippen LogP contribution in [0, 0.1) is 0 Å². The Kier molecular flexibility index (Phi) is 3.76. The van der Waals surface area contributed by atoms with E-state index in [-0.39, 0.29) is 12.5 Å². The molecule has 6 heteroatoms. The molecule has 6 nitrogen and oxygen atoms in total. The van der Waals surface area contributed by atoms with Gasteiger partial charge in [0.2, 0.25) is 0 Å². The van der Waals surface area contributed by atoms with E-state index >= 15 is 0 Å². The number of esters is 1. The van der Waals surface area contributed by atoms with Crippen LogP contribution in [0.2, 0.25) is 0 Å². The number of hydrogen-bond donors (Lipinski definition) is 0. The van der Waals surface area contributed by atoms with Crippen LogP contribution in [0.1, 0.15) is 13.3 Å². The maximum atomic E-state index is 11.4. The van der Waals surface area contributed by atoms with Gasteiger partial charge in [-0.3, -0.25) is 4.79 Å². The number of fused-ring (bicyclic) bond motifs is 1. The molecular weight excluding hydrogens is 232 g/mol. The van der Waals surface area contributed by atoms with Crippen molar-refractivity contribution < 1.29 is 9.53 Å². The van der Waals surface area contributed by atoms with Gasteiger partial charge in [0.25, 0.3) is 0 Å². The fraction of sp³-hybridized carbons (Fsp3) is 0.417. The normalized spacial score (nSPS) is 10.6. The van der Waals surface area contributed by atoms with E-state index in [1.54, 1.807) is 23.1 Å². The van der Waals surface area contributed by atoms with E-state index in [9.17, 15) is 4.79 Å². The molecule has 0 bridgehead atoms. The lowest BCUT2D eigenvalue weighted by atomic mass is 10.3. The molecular formula is C12H16N4O2. The number of aromatic nitrogens is 3. The highest BCUT2D eigenvalue weighted by molar-refractivity contribution is 5.78. The highest BCUT2D eigenvalue weighted by Crippen LogP contribution is 2.18. The van der Waals surface area contributed by atoms with Gasteiger partial charge in [-0.2, -0.15) is 5.10 Å². The number of ether oxygens (including phenoxy) is 1. The predicted molar refractivity (Wildman–Crippen MR) is 67.5 cm³/mol. The molecule has 2 heterocycles. The molecule has 2 aromatic rings. The Morgan fingerprint density at radius 3 is 3.06 bits per heavy atom. The first-order valence-electron chi connectivity index (χ1n) is 5.86. The maximum absolute atomic E-state index is 11.4. The number of rotatable bonds is 5. The molecule has 0 N–H and O–H groups in total. The number of hydrogen-bond acceptors (Lipinski definition) is 5. The Morgan fingerprint density at radius 1 is 1.50 bits per heavy atom. The summed E-state index contributed by atoms with van der Waals surface area (Å²) in [5.41, 5.74) is 0.884. The second-order valence-electron chi connectivity index (χ2n) is 3.91. The summed E-state index contributed by atoms with van der Waals surface area (Å²) in [6.07, 6.45) is 6.09. The van der Waals surface area contributed by atoms with Crippen molar-refractivity contribution in [2.24, 2.45) is 0 Å². The lowest BCUT2D eigenvalue weighted by Crippen LogP contribution is -2.32. The third kappa shape index (κ3) is 2.42. The molecule has 0 aromatic carbocycles. The third-order valence-corrected chi connectivity index (χ3v) is 2.64. The van der Waals surface area contributed by atoms with Crippen LogP contribution in [-0.4, -0.2) is 40.8 Å². The standard InChI is InChI=1S/C12H16N4O2/c1-3-7-15(9-11(17)18-2)12-10-4-5-14-16(10)8-6-13-12/h4-6,8H,3,7,9H2,1-2H3. The van der Waals surface area contributed by atoms with Crippen molar-refractivity contribution in [1.29, 1.82) is 0 Å². The van der Waals surface area contributed by atoms with Crippen LogP contribution in [0.5, 0.6) is 0 Å². The van der Waals surface area contributed by atoms with Crippen molar-refractivity contribution in [3.05, 3.63) is 24.7 Å². The molecule has 2 rings (SSSR count). The lowest BCUT2D eigenvalue weighted by molar-refractivity contribution is -0.138. The van der Waals surface area contributed by atoms with Gasteiger partial charge in [-0.15, -0.1) is 0 Å². The first kappa shape index (κ1) is 12.3. The van der Waals surface area contributed by atoms with Gasteiger partial charge in [0, 0.05) is 18.9 Å². The summed E-state index contributed by atoms with van der Waals surface area (Å²) < 4.78 is 6.45. The van der Waals surface area contributed by atoms with Gasteiger partial charge in [-0.1, -0.05) is 6.92 Å². The predicted octanol–water partition coefficient (Wildman–Crippen LogP) is 1.12. The van der Waals surface area contributed by atoms with Crippen molar-refractivity contribution in [3.8, 4) is 0 Å². The van der Waals surface area contributed by atoms with Gasteiger partial charge >= 0.3 is 5.97 Å². The average Bonchev–Trinajstić information content (AvgIpc) is 2.86. The molecule has 96 valence electrons. The number of carbonyl (C=O) groups excluding carboxylic acids is 1. The number of anilines is 1. The van der Waals surface area contributed by atoms with Crippen LogP contribution in [0.15, 0.2) is 24.7 Å². The Bertz CT molecular complexity index is 538. The van der Waals surface area contributed by atoms with E-state index in [0.29, 0.717) is 0 Å². The molecule has 18 heavy (non-hydrogen) atoms. The summed E-state index contributed by atoms with van der Waals surface area (Å²) in [6.45, 7) is 3.00. The number of methoxy groups -OCH3 is 1. The Balaban J connectivity index is 2.34. The average molecular weight is 248 g/mol. The van der Waals surface area contributed by atoms with Crippen molar-refractivity contribution in [1.82, 2.24) is 14.6 Å². The number of nitrogens with zero attached hydrogens (tertiary/aromatic N) is 4. The van der Waals surface area contributed by atoms with Crippen LogP contribution in [-0.2, 0) is 9.53 Å². The minimum atomic E-state index is -0.272. The van der Waals surface area contributed by atoms with E-state index in [1.165, 1.54) is 7.11 Å². The van der Waals surface area contributed by atoms with Crippen molar-refractivity contribution >= 4 is 17.3 Å². The molecule has 0 unspecified atom stereocenters. The summed E-state index contributed by atoms with van der Waals surface area (Å²) in [5, 5.41) is 4.16. The van der Waals surface area contributed by atoms with Gasteiger partial charge in [-0.25, -0.2) is 9.50 Å². The maximum Gasteiger partial charge on any atom is 0.325 e. The van der Waals surface area contributed by atoms with Crippen molar-refractivity contribution in [3.63, 3.8) is 0 Å². The molecule has 2 aromatic heterocycles. The molecule has 0 spiro atoms. The monoisotopic (exact) mass is 248 g/mol. The fourth-order valence-electron chi connectivity index (χ4n) is 1.84. The van der Waals surface area contributed by atoms with E-state index in [2.05, 4.69) is 17.0 Å². The molecule has 0 atom stereocenters. The van der Waals surface area contributed by atoms with Gasteiger partial charge in [0.1, 0.15) is 12.1 Å². The van der Waals surface area contributed by atoms with E-state index in [4.69, 9.17) is 4.74 Å². The van der Waals surface area contributed by atoms with Crippen LogP contribution < -0.4 is 4.90 Å². The zero-order valence-electron chi connectivity index (χ0n) is 10.5. The van der Waals surface area contributed by atoms with Crippen molar-refractivity contribution in [2.75, 3.05) is 25.1 Å².